The number of rotatable bonds is 16. The first-order valence-electron chi connectivity index (χ1n) is 15.3. The summed E-state index contributed by atoms with van der Waals surface area (Å²) in [6.45, 7) is 2.80. The number of ether oxygens (including phenoxy) is 1. The summed E-state index contributed by atoms with van der Waals surface area (Å²) >= 11 is 1.66. The molecule has 1 heterocycles. The van der Waals surface area contributed by atoms with Crippen molar-refractivity contribution >= 4 is 34.7 Å². The maximum atomic E-state index is 13.2. The molecule has 1 atom stereocenters. The number of unbranched alkanes of at least 4 members (excludes halogenated alkanes) is 4. The van der Waals surface area contributed by atoms with Crippen molar-refractivity contribution in [2.45, 2.75) is 64.5 Å². The van der Waals surface area contributed by atoms with Gasteiger partial charge in [-0.2, -0.15) is 0 Å². The molecule has 0 bridgehead atoms. The highest BCUT2D eigenvalue weighted by molar-refractivity contribution is 7.10. The number of amides is 1. The molecular weight excluding hydrogens is 568 g/mol. The van der Waals surface area contributed by atoms with E-state index in [1.807, 2.05) is 72.6 Å². The van der Waals surface area contributed by atoms with E-state index >= 15 is 0 Å². The van der Waals surface area contributed by atoms with Crippen LogP contribution in [-0.4, -0.2) is 42.8 Å². The van der Waals surface area contributed by atoms with Crippen LogP contribution in [0.1, 0.15) is 71.8 Å². The zero-order chi connectivity index (χ0) is 31.3. The summed E-state index contributed by atoms with van der Waals surface area (Å²) in [7, 11) is 3.25. The molecule has 0 aliphatic carbocycles. The molecule has 0 saturated carbocycles. The number of anilines is 1. The lowest BCUT2D eigenvalue weighted by molar-refractivity contribution is -0.141. The van der Waals surface area contributed by atoms with E-state index in [0.717, 1.165) is 34.4 Å². The molecule has 0 saturated heterocycles. The van der Waals surface area contributed by atoms with Gasteiger partial charge < -0.3 is 15.0 Å². The molecule has 1 N–H and O–H groups in total. The molecule has 44 heavy (non-hydrogen) atoms. The number of carbonyl (C=O) groups excluding carboxylic acids is 3. The van der Waals surface area contributed by atoms with Gasteiger partial charge in [-0.25, -0.2) is 4.79 Å². The van der Waals surface area contributed by atoms with E-state index in [4.69, 9.17) is 4.74 Å². The van der Waals surface area contributed by atoms with Crippen LogP contribution in [0.5, 0.6) is 0 Å². The summed E-state index contributed by atoms with van der Waals surface area (Å²) in [6, 6.07) is 25.9. The molecule has 4 rings (SSSR count). The number of nitrogens with zero attached hydrogens (tertiary/aromatic N) is 1. The highest BCUT2D eigenvalue weighted by atomic mass is 32.1. The average Bonchev–Trinajstić information content (AvgIpc) is 3.52. The largest absolute Gasteiger partial charge is 0.467 e. The predicted molar refractivity (Wildman–Crippen MR) is 179 cm³/mol. The topological polar surface area (TPSA) is 75.7 Å². The molecule has 0 radical (unpaired) electrons. The van der Waals surface area contributed by atoms with Gasteiger partial charge in [0.1, 0.15) is 6.04 Å². The second kappa shape index (κ2) is 16.6. The van der Waals surface area contributed by atoms with E-state index in [1.54, 1.807) is 29.5 Å². The number of ketones is 1. The fraction of sp³-hybridized carbons (Fsp3) is 0.324. The van der Waals surface area contributed by atoms with Crippen LogP contribution in [0.15, 0.2) is 90.3 Å². The molecule has 0 aliphatic rings. The van der Waals surface area contributed by atoms with Crippen molar-refractivity contribution in [2.75, 3.05) is 19.5 Å². The Morgan fingerprint density at radius 3 is 2.30 bits per heavy atom. The number of thiophene rings is 1. The number of methoxy groups -OCH3 is 1. The maximum absolute atomic E-state index is 13.2. The van der Waals surface area contributed by atoms with Crippen LogP contribution in [0, 0.1) is 0 Å². The molecule has 0 fully saturated rings. The van der Waals surface area contributed by atoms with Gasteiger partial charge in [-0.15, -0.1) is 11.3 Å². The van der Waals surface area contributed by atoms with Gasteiger partial charge in [0.25, 0.3) is 0 Å². The number of para-hydroxylation sites is 1. The highest BCUT2D eigenvalue weighted by Crippen LogP contribution is 2.28. The molecule has 7 heteroatoms. The predicted octanol–water partition coefficient (Wildman–Crippen LogP) is 8.16. The van der Waals surface area contributed by atoms with Crippen molar-refractivity contribution in [3.05, 3.63) is 112 Å². The smallest absolute Gasteiger partial charge is 0.328 e. The van der Waals surface area contributed by atoms with Gasteiger partial charge >= 0.3 is 5.97 Å². The van der Waals surface area contributed by atoms with Gasteiger partial charge in [-0.1, -0.05) is 99.3 Å². The first-order chi connectivity index (χ1) is 21.4. The first kappa shape index (κ1) is 32.7. The van der Waals surface area contributed by atoms with Crippen molar-refractivity contribution < 1.29 is 19.1 Å². The maximum Gasteiger partial charge on any atom is 0.328 e. The van der Waals surface area contributed by atoms with Crippen molar-refractivity contribution in [1.29, 1.82) is 0 Å². The molecule has 3 aromatic carbocycles. The molecule has 0 spiro atoms. The molecule has 1 unspecified atom stereocenters. The Morgan fingerprint density at radius 1 is 0.864 bits per heavy atom. The monoisotopic (exact) mass is 610 g/mol. The fourth-order valence-corrected chi connectivity index (χ4v) is 6.10. The number of benzene rings is 3. The normalized spacial score (nSPS) is 11.5. The number of hydrogen-bond donors (Lipinski definition) is 1. The molecule has 4 aromatic rings. The second-order valence-electron chi connectivity index (χ2n) is 11.1. The van der Waals surface area contributed by atoms with E-state index in [-0.39, 0.29) is 11.7 Å². The van der Waals surface area contributed by atoms with Crippen LogP contribution in [0.2, 0.25) is 0 Å². The summed E-state index contributed by atoms with van der Waals surface area (Å²) in [5.41, 5.74) is 4.80. The quantitative estimate of drug-likeness (QED) is 0.0787. The molecule has 230 valence electrons. The standard InChI is InChI=1S/C37H42N2O4S/c1-4-5-6-7-11-18-35(40)39(2)25-31-24-30(26-44-31)28-21-19-27(20-22-28)23-34(37(42)43-3)38-33-17-13-12-16-32(33)36(41)29-14-9-8-10-15-29/h8-10,12-17,19-22,24,26,34,38H,4-7,11,18,23,25H2,1-3H3. The Kier molecular flexibility index (Phi) is 12.3. The fourth-order valence-electron chi connectivity index (χ4n) is 5.15. The highest BCUT2D eigenvalue weighted by Gasteiger charge is 2.23. The van der Waals surface area contributed by atoms with E-state index in [1.165, 1.54) is 26.4 Å². The Labute approximate surface area is 265 Å². The third kappa shape index (κ3) is 9.13. The van der Waals surface area contributed by atoms with Crippen molar-refractivity contribution in [3.63, 3.8) is 0 Å². The minimum atomic E-state index is -0.678. The molecular formula is C37H42N2O4S. The number of carbonyl (C=O) groups is 3. The van der Waals surface area contributed by atoms with Gasteiger partial charge in [-0.3, -0.25) is 9.59 Å². The Morgan fingerprint density at radius 2 is 1.57 bits per heavy atom. The molecule has 1 amide bonds. The van der Waals surface area contributed by atoms with E-state index in [2.05, 4.69) is 23.7 Å². The van der Waals surface area contributed by atoms with Crippen LogP contribution in [0.4, 0.5) is 5.69 Å². The second-order valence-corrected chi connectivity index (χ2v) is 12.1. The lowest BCUT2D eigenvalue weighted by Crippen LogP contribution is -2.33. The Hall–Kier alpha value is -4.23. The minimum absolute atomic E-state index is 0.116. The third-order valence-corrected chi connectivity index (χ3v) is 8.64. The van der Waals surface area contributed by atoms with Crippen molar-refractivity contribution in [2.24, 2.45) is 0 Å². The zero-order valence-corrected chi connectivity index (χ0v) is 26.7. The van der Waals surface area contributed by atoms with E-state index in [0.29, 0.717) is 36.2 Å². The van der Waals surface area contributed by atoms with Crippen LogP contribution in [0.25, 0.3) is 11.1 Å². The van der Waals surface area contributed by atoms with Crippen molar-refractivity contribution in [1.82, 2.24) is 4.90 Å². The van der Waals surface area contributed by atoms with Gasteiger partial charge in [-0.05, 0) is 46.7 Å². The average molecular weight is 611 g/mol. The van der Waals surface area contributed by atoms with Crippen LogP contribution >= 0.6 is 11.3 Å². The lowest BCUT2D eigenvalue weighted by atomic mass is 9.99. The van der Waals surface area contributed by atoms with Crippen LogP contribution < -0.4 is 5.32 Å². The van der Waals surface area contributed by atoms with Gasteiger partial charge in [0.05, 0.1) is 13.7 Å². The van der Waals surface area contributed by atoms with Gasteiger partial charge in [0.15, 0.2) is 5.78 Å². The summed E-state index contributed by atoms with van der Waals surface area (Å²) in [5, 5.41) is 5.39. The first-order valence-corrected chi connectivity index (χ1v) is 16.2. The minimum Gasteiger partial charge on any atom is -0.467 e. The third-order valence-electron chi connectivity index (χ3n) is 7.72. The molecule has 6 nitrogen and oxygen atoms in total. The molecule has 0 aliphatic heterocycles. The summed E-state index contributed by atoms with van der Waals surface area (Å²) in [4.78, 5) is 41.5. The van der Waals surface area contributed by atoms with Gasteiger partial charge in [0, 0.05) is 41.6 Å². The number of esters is 1. The van der Waals surface area contributed by atoms with E-state index < -0.39 is 12.0 Å². The van der Waals surface area contributed by atoms with Crippen LogP contribution in [-0.2, 0) is 27.3 Å². The number of nitrogens with one attached hydrogen (secondary N) is 1. The van der Waals surface area contributed by atoms with Gasteiger partial charge in [0.2, 0.25) is 5.91 Å². The van der Waals surface area contributed by atoms with E-state index in [9.17, 15) is 14.4 Å². The number of hydrogen-bond acceptors (Lipinski definition) is 6. The summed E-state index contributed by atoms with van der Waals surface area (Å²) in [6.07, 6.45) is 6.70. The SMILES string of the molecule is CCCCCCCC(=O)N(C)Cc1cc(-c2ccc(CC(Nc3ccccc3C(=O)c3ccccc3)C(=O)OC)cc2)cs1. The zero-order valence-electron chi connectivity index (χ0n) is 25.9. The Bertz CT molecular complexity index is 1510. The molecule has 1 aromatic heterocycles. The summed E-state index contributed by atoms with van der Waals surface area (Å²) in [5.74, 6) is -0.325. The van der Waals surface area contributed by atoms with Crippen LogP contribution in [0.3, 0.4) is 0 Å². The van der Waals surface area contributed by atoms with Crippen molar-refractivity contribution in [3.8, 4) is 11.1 Å². The lowest BCUT2D eigenvalue weighted by Gasteiger charge is -2.20. The Balaban J connectivity index is 1.39. The summed E-state index contributed by atoms with van der Waals surface area (Å²) < 4.78 is 5.11.